The number of H-pyrrole nitrogens is 2. The van der Waals surface area contributed by atoms with E-state index in [1.54, 1.807) is 0 Å². The largest absolute Gasteiger partial charge is 0.476 e. The molecule has 9 heteroatoms. The van der Waals surface area contributed by atoms with E-state index in [9.17, 15) is 14.0 Å². The second-order valence-corrected chi connectivity index (χ2v) is 4.72. The molecule has 0 unspecified atom stereocenters. The van der Waals surface area contributed by atoms with Crippen molar-refractivity contribution in [2.75, 3.05) is 0 Å². The van der Waals surface area contributed by atoms with Crippen LogP contribution in [-0.2, 0) is 0 Å². The second-order valence-electron chi connectivity index (χ2n) is 4.72. The van der Waals surface area contributed by atoms with Crippen LogP contribution >= 0.6 is 0 Å². The third-order valence-electron chi connectivity index (χ3n) is 3.01. The molecule has 0 aliphatic carbocycles. The van der Waals surface area contributed by atoms with Gasteiger partial charge in [-0.05, 0) is 30.3 Å². The van der Waals surface area contributed by atoms with Gasteiger partial charge in [0.1, 0.15) is 5.82 Å². The molecule has 0 bridgehead atoms. The fraction of sp³-hybridized carbons (Fsp3) is 0. The molecule has 1 aromatic carbocycles. The van der Waals surface area contributed by atoms with E-state index in [-0.39, 0.29) is 28.8 Å². The predicted molar refractivity (Wildman–Crippen MR) is 82.9 cm³/mol. The molecule has 0 saturated heterocycles. The lowest BCUT2D eigenvalue weighted by atomic mass is 10.2. The van der Waals surface area contributed by atoms with Crippen molar-refractivity contribution in [3.05, 3.63) is 69.4 Å². The van der Waals surface area contributed by atoms with E-state index in [0.717, 1.165) is 0 Å². The van der Waals surface area contributed by atoms with Gasteiger partial charge in [-0.2, -0.15) is 0 Å². The summed E-state index contributed by atoms with van der Waals surface area (Å²) in [4.78, 5) is 25.3. The van der Waals surface area contributed by atoms with Crippen molar-refractivity contribution in [3.63, 3.8) is 0 Å². The van der Waals surface area contributed by atoms with Gasteiger partial charge in [-0.25, -0.2) is 14.3 Å². The summed E-state index contributed by atoms with van der Waals surface area (Å²) < 4.78 is 18.0. The standard InChI is InChI=1S/C16H9FN4O4/c17-11-6-2-9(3-7-11)1-4-10-5-8-12(18-14(10)22)25-15-13(16(23)24)19-21-20-15/h2-3,5-8H,(H,18,22)(H,23,24)(H,19,20,21). The molecule has 8 nitrogen and oxygen atoms in total. The summed E-state index contributed by atoms with van der Waals surface area (Å²) in [5, 5.41) is 17.9. The molecule has 0 aliphatic rings. The van der Waals surface area contributed by atoms with Crippen LogP contribution in [0.1, 0.15) is 21.6 Å². The Hall–Kier alpha value is -3.93. The Labute approximate surface area is 139 Å². The van der Waals surface area contributed by atoms with Crippen LogP contribution in [-0.4, -0.2) is 31.5 Å². The summed E-state index contributed by atoms with van der Waals surface area (Å²) >= 11 is 0. The van der Waals surface area contributed by atoms with Gasteiger partial charge in [0, 0.05) is 11.6 Å². The summed E-state index contributed by atoms with van der Waals surface area (Å²) in [6.45, 7) is 0. The molecule has 0 spiro atoms. The topological polar surface area (TPSA) is 121 Å². The van der Waals surface area contributed by atoms with Crippen molar-refractivity contribution in [1.82, 2.24) is 20.4 Å². The zero-order valence-corrected chi connectivity index (χ0v) is 12.4. The highest BCUT2D eigenvalue weighted by atomic mass is 19.1. The van der Waals surface area contributed by atoms with Gasteiger partial charge < -0.3 is 9.84 Å². The molecule has 3 rings (SSSR count). The van der Waals surface area contributed by atoms with Crippen molar-refractivity contribution in [2.45, 2.75) is 0 Å². The number of hydrogen-bond acceptors (Lipinski definition) is 5. The molecular weight excluding hydrogens is 331 g/mol. The molecule has 25 heavy (non-hydrogen) atoms. The molecule has 0 amide bonds. The number of aromatic carboxylic acids is 1. The van der Waals surface area contributed by atoms with Crippen molar-refractivity contribution >= 4 is 5.97 Å². The number of benzene rings is 1. The van der Waals surface area contributed by atoms with Gasteiger partial charge in [-0.3, -0.25) is 9.78 Å². The van der Waals surface area contributed by atoms with E-state index in [4.69, 9.17) is 9.84 Å². The van der Waals surface area contributed by atoms with Crippen LogP contribution in [0, 0.1) is 17.7 Å². The van der Waals surface area contributed by atoms with Gasteiger partial charge in [0.15, 0.2) is 0 Å². The first-order valence-electron chi connectivity index (χ1n) is 6.86. The number of aromatic nitrogens is 4. The van der Waals surface area contributed by atoms with Crippen molar-refractivity contribution in [2.24, 2.45) is 0 Å². The van der Waals surface area contributed by atoms with Crippen LogP contribution in [0.4, 0.5) is 4.39 Å². The van der Waals surface area contributed by atoms with E-state index >= 15 is 0 Å². The van der Waals surface area contributed by atoms with E-state index in [1.807, 2.05) is 0 Å². The Morgan fingerprint density at radius 2 is 1.92 bits per heavy atom. The Balaban J connectivity index is 1.82. The fourth-order valence-electron chi connectivity index (χ4n) is 1.82. The normalized spacial score (nSPS) is 9.96. The number of carbonyl (C=O) groups is 1. The van der Waals surface area contributed by atoms with Crippen LogP contribution in [0.5, 0.6) is 11.8 Å². The number of pyridine rings is 1. The highest BCUT2D eigenvalue weighted by molar-refractivity contribution is 5.87. The van der Waals surface area contributed by atoms with E-state index in [1.165, 1.54) is 36.4 Å². The molecule has 3 aromatic rings. The smallest absolute Gasteiger partial charge is 0.359 e. The van der Waals surface area contributed by atoms with Gasteiger partial charge in [-0.15, -0.1) is 0 Å². The van der Waals surface area contributed by atoms with E-state index in [2.05, 4.69) is 32.2 Å². The number of ether oxygens (including phenoxy) is 1. The number of carboxylic acid groups (broad SMARTS) is 1. The third kappa shape index (κ3) is 3.70. The lowest BCUT2D eigenvalue weighted by molar-refractivity contribution is 0.0687. The number of hydrogen-bond donors (Lipinski definition) is 3. The summed E-state index contributed by atoms with van der Waals surface area (Å²) in [7, 11) is 0. The Bertz CT molecular complexity index is 1040. The average Bonchev–Trinajstić information content (AvgIpc) is 3.04. The maximum Gasteiger partial charge on any atom is 0.359 e. The van der Waals surface area contributed by atoms with E-state index < -0.39 is 11.5 Å². The first kappa shape index (κ1) is 15.9. The van der Waals surface area contributed by atoms with Crippen LogP contribution in [0.25, 0.3) is 0 Å². The van der Waals surface area contributed by atoms with Gasteiger partial charge in [-0.1, -0.05) is 22.2 Å². The molecule has 124 valence electrons. The Morgan fingerprint density at radius 1 is 1.16 bits per heavy atom. The zero-order valence-electron chi connectivity index (χ0n) is 12.4. The quantitative estimate of drug-likeness (QED) is 0.622. The number of nitrogens with zero attached hydrogens (tertiary/aromatic N) is 2. The molecule has 0 fully saturated rings. The minimum absolute atomic E-state index is 0.0197. The highest BCUT2D eigenvalue weighted by Crippen LogP contribution is 2.18. The Kier molecular flexibility index (Phi) is 4.26. The number of carboxylic acids is 1. The molecule has 0 aliphatic heterocycles. The van der Waals surface area contributed by atoms with E-state index in [0.29, 0.717) is 5.56 Å². The summed E-state index contributed by atoms with van der Waals surface area (Å²) in [5.41, 5.74) is -0.168. The molecular formula is C16H9FN4O4. The summed E-state index contributed by atoms with van der Waals surface area (Å²) in [6, 6.07) is 8.33. The molecule has 3 N–H and O–H groups in total. The number of nitrogens with one attached hydrogen (secondary N) is 2. The van der Waals surface area contributed by atoms with Gasteiger partial charge in [0.2, 0.25) is 11.6 Å². The number of aromatic amines is 2. The fourth-order valence-corrected chi connectivity index (χ4v) is 1.82. The lowest BCUT2D eigenvalue weighted by Crippen LogP contribution is -2.10. The van der Waals surface area contributed by atoms with Gasteiger partial charge in [0.05, 0.1) is 5.56 Å². The maximum absolute atomic E-state index is 12.8. The summed E-state index contributed by atoms with van der Waals surface area (Å²) in [6.07, 6.45) is 0. The molecule has 2 heterocycles. The number of rotatable bonds is 3. The van der Waals surface area contributed by atoms with Crippen molar-refractivity contribution in [1.29, 1.82) is 0 Å². The average molecular weight is 340 g/mol. The highest BCUT2D eigenvalue weighted by Gasteiger charge is 2.16. The maximum atomic E-state index is 12.8. The van der Waals surface area contributed by atoms with Crippen molar-refractivity contribution in [3.8, 4) is 23.6 Å². The van der Waals surface area contributed by atoms with Crippen LogP contribution in [0.15, 0.2) is 41.2 Å². The lowest BCUT2D eigenvalue weighted by Gasteiger charge is -2.02. The number of halogens is 1. The third-order valence-corrected chi connectivity index (χ3v) is 3.01. The molecule has 2 aromatic heterocycles. The van der Waals surface area contributed by atoms with Gasteiger partial charge >= 0.3 is 5.97 Å². The first-order chi connectivity index (χ1) is 12.0. The predicted octanol–water partition coefficient (Wildman–Crippen LogP) is 1.52. The molecule has 0 atom stereocenters. The Morgan fingerprint density at radius 3 is 2.60 bits per heavy atom. The second kappa shape index (κ2) is 6.67. The zero-order chi connectivity index (χ0) is 17.8. The van der Waals surface area contributed by atoms with Gasteiger partial charge in [0.25, 0.3) is 11.4 Å². The monoisotopic (exact) mass is 340 g/mol. The SMILES string of the molecule is O=C(O)c1[nH]nnc1Oc1ccc(C#Cc2ccc(F)cc2)c(=O)[nH]1. The molecule has 0 saturated carbocycles. The van der Waals surface area contributed by atoms with Crippen molar-refractivity contribution < 1.29 is 19.0 Å². The van der Waals surface area contributed by atoms with Crippen LogP contribution < -0.4 is 10.3 Å². The van der Waals surface area contributed by atoms with Crippen LogP contribution in [0.2, 0.25) is 0 Å². The minimum atomic E-state index is -1.30. The minimum Gasteiger partial charge on any atom is -0.476 e. The summed E-state index contributed by atoms with van der Waals surface area (Å²) in [5.74, 6) is 3.42. The van der Waals surface area contributed by atoms with Crippen LogP contribution in [0.3, 0.4) is 0 Å². The molecule has 0 radical (unpaired) electrons. The first-order valence-corrected chi connectivity index (χ1v) is 6.86.